The summed E-state index contributed by atoms with van der Waals surface area (Å²) >= 11 is 0. The molecule has 0 bridgehead atoms. The summed E-state index contributed by atoms with van der Waals surface area (Å²) in [5, 5.41) is 8.00. The van der Waals surface area contributed by atoms with Gasteiger partial charge in [0.15, 0.2) is 0 Å². The van der Waals surface area contributed by atoms with Crippen LogP contribution in [-0.4, -0.2) is 0 Å². The Morgan fingerprint density at radius 3 is 2.56 bits per heavy atom. The second kappa shape index (κ2) is 4.66. The van der Waals surface area contributed by atoms with Crippen molar-refractivity contribution >= 4 is 0 Å². The molecule has 0 saturated carbocycles. The van der Waals surface area contributed by atoms with E-state index in [1.54, 1.807) is 6.08 Å². The molecule has 0 aromatic heterocycles. The number of nitriles is 1. The maximum Gasteiger partial charge on any atom is 0.292 e. The average molecular weight is 121 g/mol. The molecule has 9 heavy (non-hydrogen) atoms. The Kier molecular flexibility index (Phi) is 3.89. The van der Waals surface area contributed by atoms with E-state index >= 15 is 0 Å². The summed E-state index contributed by atoms with van der Waals surface area (Å²) in [5.41, 5.74) is 0. The molecule has 0 heterocycles. The normalized spacial score (nSPS) is 9.44. The molecule has 2 heteroatoms. The van der Waals surface area contributed by atoms with Crippen LogP contribution in [-0.2, 0) is 4.74 Å². The summed E-state index contributed by atoms with van der Waals surface area (Å²) in [6, 6.07) is 0. The van der Waals surface area contributed by atoms with Crippen molar-refractivity contribution in [2.75, 3.05) is 0 Å². The van der Waals surface area contributed by atoms with Crippen molar-refractivity contribution in [3.63, 3.8) is 0 Å². The second-order valence-corrected chi connectivity index (χ2v) is 1.20. The van der Waals surface area contributed by atoms with Crippen molar-refractivity contribution in [1.82, 2.24) is 0 Å². The van der Waals surface area contributed by atoms with Gasteiger partial charge >= 0.3 is 0 Å². The zero-order valence-electron chi connectivity index (χ0n) is 5.00. The van der Waals surface area contributed by atoms with Gasteiger partial charge in [-0.25, -0.2) is 0 Å². The molecular formula is C7H7NO. The van der Waals surface area contributed by atoms with Crippen molar-refractivity contribution in [2.45, 2.75) is 0 Å². The molecule has 0 atom stereocenters. The van der Waals surface area contributed by atoms with E-state index in [1.165, 1.54) is 18.4 Å². The van der Waals surface area contributed by atoms with E-state index in [-0.39, 0.29) is 0 Å². The van der Waals surface area contributed by atoms with Crippen LogP contribution in [0.1, 0.15) is 0 Å². The lowest BCUT2D eigenvalue weighted by Crippen LogP contribution is -1.76. The summed E-state index contributed by atoms with van der Waals surface area (Å²) in [7, 11) is 0. The number of rotatable bonds is 3. The predicted molar refractivity (Wildman–Crippen MR) is 35.2 cm³/mol. The maximum atomic E-state index is 8.00. The Labute approximate surface area is 54.4 Å². The summed E-state index contributed by atoms with van der Waals surface area (Å²) in [4.78, 5) is 0. The van der Waals surface area contributed by atoms with Crippen LogP contribution in [0, 0.1) is 11.5 Å². The minimum Gasteiger partial charge on any atom is -0.388 e. The van der Waals surface area contributed by atoms with Gasteiger partial charge in [0, 0.05) is 0 Å². The Balaban J connectivity index is 4.00. The SMILES string of the molecule is C=C/C=C(\C=C)OC#N. The Hall–Kier alpha value is -1.49. The van der Waals surface area contributed by atoms with Crippen molar-refractivity contribution in [3.8, 4) is 6.26 Å². The molecule has 0 unspecified atom stereocenters. The Bertz CT molecular complexity index is 174. The Morgan fingerprint density at radius 2 is 2.22 bits per heavy atom. The largest absolute Gasteiger partial charge is 0.388 e. The third kappa shape index (κ3) is 3.12. The molecule has 0 amide bonds. The average Bonchev–Trinajstić information content (AvgIpc) is 1.88. The van der Waals surface area contributed by atoms with Gasteiger partial charge in [-0.05, 0) is 12.2 Å². The fourth-order valence-corrected chi connectivity index (χ4v) is 0.313. The quantitative estimate of drug-likeness (QED) is 0.323. The van der Waals surface area contributed by atoms with Crippen LogP contribution in [0.25, 0.3) is 0 Å². The lowest BCUT2D eigenvalue weighted by Gasteiger charge is -1.89. The lowest BCUT2D eigenvalue weighted by atomic mass is 10.4. The van der Waals surface area contributed by atoms with Crippen LogP contribution in [0.5, 0.6) is 0 Å². The van der Waals surface area contributed by atoms with Gasteiger partial charge in [0.2, 0.25) is 0 Å². The fourth-order valence-electron chi connectivity index (χ4n) is 0.313. The van der Waals surface area contributed by atoms with Crippen LogP contribution in [0.4, 0.5) is 0 Å². The summed E-state index contributed by atoms with van der Waals surface area (Å²) in [6.45, 7) is 6.82. The van der Waals surface area contributed by atoms with E-state index in [2.05, 4.69) is 17.9 Å². The van der Waals surface area contributed by atoms with E-state index in [9.17, 15) is 0 Å². The first-order valence-corrected chi connectivity index (χ1v) is 2.36. The van der Waals surface area contributed by atoms with Gasteiger partial charge in [0.1, 0.15) is 5.76 Å². The molecule has 0 radical (unpaired) electrons. The molecule has 0 N–H and O–H groups in total. The van der Waals surface area contributed by atoms with Crippen molar-refractivity contribution in [2.24, 2.45) is 0 Å². The van der Waals surface area contributed by atoms with Gasteiger partial charge in [0.05, 0.1) is 0 Å². The minimum absolute atomic E-state index is 0.410. The third-order valence-corrected chi connectivity index (χ3v) is 0.647. The van der Waals surface area contributed by atoms with Crippen LogP contribution >= 0.6 is 0 Å². The van der Waals surface area contributed by atoms with Crippen LogP contribution < -0.4 is 0 Å². The number of allylic oxidation sites excluding steroid dienone is 3. The highest BCUT2D eigenvalue weighted by Gasteiger charge is 1.84. The van der Waals surface area contributed by atoms with E-state index in [0.29, 0.717) is 5.76 Å². The maximum absolute atomic E-state index is 8.00. The molecule has 0 aromatic carbocycles. The van der Waals surface area contributed by atoms with Crippen molar-refractivity contribution in [3.05, 3.63) is 37.1 Å². The van der Waals surface area contributed by atoms with Gasteiger partial charge in [-0.15, -0.1) is 5.26 Å². The van der Waals surface area contributed by atoms with E-state index in [0.717, 1.165) is 0 Å². The van der Waals surface area contributed by atoms with E-state index in [1.807, 2.05) is 0 Å². The molecule has 0 fully saturated rings. The molecule has 0 spiro atoms. The number of hydrogen-bond acceptors (Lipinski definition) is 2. The number of ether oxygens (including phenoxy) is 1. The molecule has 2 nitrogen and oxygen atoms in total. The highest BCUT2D eigenvalue weighted by molar-refractivity contribution is 5.15. The highest BCUT2D eigenvalue weighted by atomic mass is 16.5. The molecule has 0 aliphatic carbocycles. The molecule has 0 aliphatic rings. The fraction of sp³-hybridized carbons (Fsp3) is 0. The molecule has 0 saturated heterocycles. The molecule has 46 valence electrons. The first-order valence-electron chi connectivity index (χ1n) is 2.36. The van der Waals surface area contributed by atoms with Crippen LogP contribution in [0.2, 0.25) is 0 Å². The second-order valence-electron chi connectivity index (χ2n) is 1.20. The lowest BCUT2D eigenvalue weighted by molar-refractivity contribution is 0.393. The minimum atomic E-state index is 0.410. The first kappa shape index (κ1) is 7.51. The zero-order chi connectivity index (χ0) is 7.11. The highest BCUT2D eigenvalue weighted by Crippen LogP contribution is 1.95. The molecular weight excluding hydrogens is 114 g/mol. The van der Waals surface area contributed by atoms with E-state index < -0.39 is 0 Å². The molecule has 0 aromatic rings. The summed E-state index contributed by atoms with van der Waals surface area (Å²) in [6.07, 6.45) is 6.03. The number of hydrogen-bond donors (Lipinski definition) is 0. The van der Waals surface area contributed by atoms with Crippen molar-refractivity contribution < 1.29 is 4.74 Å². The third-order valence-electron chi connectivity index (χ3n) is 0.647. The summed E-state index contributed by atoms with van der Waals surface area (Å²) in [5.74, 6) is 0.410. The standard InChI is InChI=1S/C7H7NO/c1-3-5-7(4-2)9-6-8/h3-5H,1-2H2/b7-5+. The smallest absolute Gasteiger partial charge is 0.292 e. The number of nitrogens with zero attached hydrogens (tertiary/aromatic N) is 1. The van der Waals surface area contributed by atoms with Gasteiger partial charge < -0.3 is 4.74 Å². The zero-order valence-corrected chi connectivity index (χ0v) is 5.00. The van der Waals surface area contributed by atoms with Crippen molar-refractivity contribution in [1.29, 1.82) is 5.26 Å². The van der Waals surface area contributed by atoms with E-state index in [4.69, 9.17) is 5.26 Å². The van der Waals surface area contributed by atoms with Gasteiger partial charge in [-0.3, -0.25) is 0 Å². The topological polar surface area (TPSA) is 33.0 Å². The van der Waals surface area contributed by atoms with Gasteiger partial charge in [0.25, 0.3) is 6.26 Å². The first-order chi connectivity index (χ1) is 4.35. The van der Waals surface area contributed by atoms with Gasteiger partial charge in [-0.1, -0.05) is 19.2 Å². The van der Waals surface area contributed by atoms with Crippen LogP contribution in [0.15, 0.2) is 37.1 Å². The van der Waals surface area contributed by atoms with Crippen LogP contribution in [0.3, 0.4) is 0 Å². The molecule has 0 rings (SSSR count). The van der Waals surface area contributed by atoms with Gasteiger partial charge in [-0.2, -0.15) is 0 Å². The predicted octanol–water partition coefficient (Wildman–Crippen LogP) is 1.74. The summed E-state index contributed by atoms with van der Waals surface area (Å²) < 4.78 is 4.41. The Morgan fingerprint density at radius 1 is 1.56 bits per heavy atom. The molecule has 0 aliphatic heterocycles. The monoisotopic (exact) mass is 121 g/mol.